The van der Waals surface area contributed by atoms with E-state index in [-0.39, 0.29) is 18.7 Å². The van der Waals surface area contributed by atoms with Crippen molar-refractivity contribution < 1.29 is 19.0 Å². The van der Waals surface area contributed by atoms with Crippen molar-refractivity contribution in [1.82, 2.24) is 0 Å². The van der Waals surface area contributed by atoms with Gasteiger partial charge in [-0.3, -0.25) is 0 Å². The van der Waals surface area contributed by atoms with Crippen LogP contribution in [0.1, 0.15) is 19.3 Å². The van der Waals surface area contributed by atoms with Gasteiger partial charge in [-0.05, 0) is 25.5 Å². The third-order valence-electron chi connectivity index (χ3n) is 2.37. The first-order valence-electron chi connectivity index (χ1n) is 5.67. The minimum absolute atomic E-state index is 0.0440. The summed E-state index contributed by atoms with van der Waals surface area (Å²) in [6, 6.07) is 0. The standard InChI is InChI=1S/C11H20O4S/c1-16-8-7-13-5-6-14-9-11(12)15-10-3-2-4-10/h10H,2-9H2,1H3. The van der Waals surface area contributed by atoms with Crippen LogP contribution in [0.25, 0.3) is 0 Å². The van der Waals surface area contributed by atoms with Crippen molar-refractivity contribution in [3.63, 3.8) is 0 Å². The van der Waals surface area contributed by atoms with E-state index in [4.69, 9.17) is 14.2 Å². The van der Waals surface area contributed by atoms with Gasteiger partial charge in [0.15, 0.2) is 0 Å². The van der Waals surface area contributed by atoms with Crippen molar-refractivity contribution in [2.75, 3.05) is 38.4 Å². The van der Waals surface area contributed by atoms with E-state index >= 15 is 0 Å². The zero-order valence-corrected chi connectivity index (χ0v) is 10.6. The molecule has 0 aromatic carbocycles. The molecule has 1 rings (SSSR count). The summed E-state index contributed by atoms with van der Waals surface area (Å²) in [6.07, 6.45) is 5.36. The van der Waals surface area contributed by atoms with Gasteiger partial charge in [0.05, 0.1) is 19.8 Å². The van der Waals surface area contributed by atoms with E-state index in [0.29, 0.717) is 13.2 Å². The van der Waals surface area contributed by atoms with Gasteiger partial charge in [-0.15, -0.1) is 0 Å². The minimum Gasteiger partial charge on any atom is -0.461 e. The topological polar surface area (TPSA) is 44.8 Å². The van der Waals surface area contributed by atoms with E-state index in [1.165, 1.54) is 6.42 Å². The highest BCUT2D eigenvalue weighted by Gasteiger charge is 2.21. The SMILES string of the molecule is CSCCOCCOCC(=O)OC1CCC1. The molecule has 0 spiro atoms. The molecule has 94 valence electrons. The Labute approximate surface area is 101 Å². The summed E-state index contributed by atoms with van der Waals surface area (Å²) in [5.74, 6) is 0.734. The maximum absolute atomic E-state index is 11.2. The Kier molecular flexibility index (Phi) is 7.63. The van der Waals surface area contributed by atoms with E-state index < -0.39 is 0 Å². The lowest BCUT2D eigenvalue weighted by Crippen LogP contribution is -2.27. The first kappa shape index (κ1) is 13.8. The van der Waals surface area contributed by atoms with Gasteiger partial charge in [-0.25, -0.2) is 4.79 Å². The Morgan fingerprint density at radius 1 is 1.25 bits per heavy atom. The number of hydrogen-bond acceptors (Lipinski definition) is 5. The van der Waals surface area contributed by atoms with E-state index in [9.17, 15) is 4.79 Å². The van der Waals surface area contributed by atoms with Crippen LogP contribution in [-0.4, -0.2) is 50.5 Å². The number of thioether (sulfide) groups is 1. The van der Waals surface area contributed by atoms with Gasteiger partial charge < -0.3 is 14.2 Å². The van der Waals surface area contributed by atoms with Crippen molar-refractivity contribution in [2.45, 2.75) is 25.4 Å². The summed E-state index contributed by atoms with van der Waals surface area (Å²) in [7, 11) is 0. The number of rotatable bonds is 9. The molecule has 1 fully saturated rings. The summed E-state index contributed by atoms with van der Waals surface area (Å²) in [5.41, 5.74) is 0. The number of ether oxygens (including phenoxy) is 3. The van der Waals surface area contributed by atoms with E-state index in [1.54, 1.807) is 11.8 Å². The second kappa shape index (κ2) is 8.84. The normalized spacial score (nSPS) is 15.8. The quantitative estimate of drug-likeness (QED) is 0.457. The molecule has 0 bridgehead atoms. The molecule has 0 aromatic rings. The van der Waals surface area contributed by atoms with Gasteiger partial charge in [0.2, 0.25) is 0 Å². The minimum atomic E-state index is -0.256. The molecule has 0 N–H and O–H groups in total. The van der Waals surface area contributed by atoms with Crippen LogP contribution in [-0.2, 0) is 19.0 Å². The second-order valence-electron chi connectivity index (χ2n) is 3.70. The zero-order valence-electron chi connectivity index (χ0n) is 9.78. The summed E-state index contributed by atoms with van der Waals surface area (Å²) in [6.45, 7) is 1.77. The van der Waals surface area contributed by atoms with Crippen LogP contribution in [0.4, 0.5) is 0 Å². The molecule has 0 radical (unpaired) electrons. The number of carbonyl (C=O) groups is 1. The molecule has 0 aromatic heterocycles. The fraction of sp³-hybridized carbons (Fsp3) is 0.909. The Hall–Kier alpha value is -0.260. The Bertz CT molecular complexity index is 194. The average Bonchev–Trinajstić information content (AvgIpc) is 2.22. The molecular formula is C11H20O4S. The fourth-order valence-electron chi connectivity index (χ4n) is 1.23. The summed E-state index contributed by atoms with van der Waals surface area (Å²) >= 11 is 1.75. The van der Waals surface area contributed by atoms with Crippen molar-refractivity contribution in [2.24, 2.45) is 0 Å². The maximum Gasteiger partial charge on any atom is 0.332 e. The zero-order chi connectivity index (χ0) is 11.6. The summed E-state index contributed by atoms with van der Waals surface area (Å²) < 4.78 is 15.5. The molecule has 0 amide bonds. The van der Waals surface area contributed by atoms with Crippen LogP contribution >= 0.6 is 11.8 Å². The lowest BCUT2D eigenvalue weighted by atomic mass is 9.96. The Balaban J connectivity index is 1.80. The predicted molar refractivity (Wildman–Crippen MR) is 63.8 cm³/mol. The molecule has 0 heterocycles. The largest absolute Gasteiger partial charge is 0.461 e. The Morgan fingerprint density at radius 3 is 2.62 bits per heavy atom. The summed E-state index contributed by atoms with van der Waals surface area (Å²) in [5, 5.41) is 0. The summed E-state index contributed by atoms with van der Waals surface area (Å²) in [4.78, 5) is 11.2. The molecule has 4 nitrogen and oxygen atoms in total. The first-order valence-corrected chi connectivity index (χ1v) is 7.06. The van der Waals surface area contributed by atoms with Gasteiger partial charge >= 0.3 is 5.97 Å². The van der Waals surface area contributed by atoms with Crippen molar-refractivity contribution >= 4 is 17.7 Å². The highest BCUT2D eigenvalue weighted by molar-refractivity contribution is 7.98. The number of carbonyl (C=O) groups excluding carboxylic acids is 1. The third-order valence-corrected chi connectivity index (χ3v) is 2.95. The van der Waals surface area contributed by atoms with Gasteiger partial charge in [0.25, 0.3) is 0 Å². The molecular weight excluding hydrogens is 228 g/mol. The smallest absolute Gasteiger partial charge is 0.332 e. The molecule has 0 unspecified atom stereocenters. The average molecular weight is 248 g/mol. The van der Waals surface area contributed by atoms with Crippen molar-refractivity contribution in [3.05, 3.63) is 0 Å². The second-order valence-corrected chi connectivity index (χ2v) is 4.69. The van der Waals surface area contributed by atoms with E-state index in [0.717, 1.165) is 25.2 Å². The fourth-order valence-corrected chi connectivity index (χ4v) is 1.51. The molecule has 1 aliphatic rings. The van der Waals surface area contributed by atoms with Crippen LogP contribution in [0, 0.1) is 0 Å². The molecule has 16 heavy (non-hydrogen) atoms. The van der Waals surface area contributed by atoms with Gasteiger partial charge in [-0.2, -0.15) is 11.8 Å². The molecule has 5 heteroatoms. The molecule has 0 saturated heterocycles. The van der Waals surface area contributed by atoms with Crippen molar-refractivity contribution in [3.8, 4) is 0 Å². The monoisotopic (exact) mass is 248 g/mol. The molecule has 1 aliphatic carbocycles. The molecule has 0 aliphatic heterocycles. The van der Waals surface area contributed by atoms with Crippen molar-refractivity contribution in [1.29, 1.82) is 0 Å². The predicted octanol–water partition coefficient (Wildman–Crippen LogP) is 1.48. The van der Waals surface area contributed by atoms with Crippen LogP contribution in [0.5, 0.6) is 0 Å². The number of hydrogen-bond donors (Lipinski definition) is 0. The van der Waals surface area contributed by atoms with Gasteiger partial charge in [-0.1, -0.05) is 0 Å². The highest BCUT2D eigenvalue weighted by atomic mass is 32.2. The van der Waals surface area contributed by atoms with Gasteiger partial charge in [0, 0.05) is 5.75 Å². The van der Waals surface area contributed by atoms with Crippen LogP contribution in [0.2, 0.25) is 0 Å². The first-order chi connectivity index (χ1) is 7.83. The third kappa shape index (κ3) is 6.35. The number of esters is 1. The maximum atomic E-state index is 11.2. The molecule has 1 saturated carbocycles. The van der Waals surface area contributed by atoms with Crippen LogP contribution in [0.15, 0.2) is 0 Å². The molecule has 0 atom stereocenters. The van der Waals surface area contributed by atoms with Crippen LogP contribution in [0.3, 0.4) is 0 Å². The van der Waals surface area contributed by atoms with Crippen LogP contribution < -0.4 is 0 Å². The lowest BCUT2D eigenvalue weighted by Gasteiger charge is -2.24. The lowest BCUT2D eigenvalue weighted by molar-refractivity contribution is -0.158. The van der Waals surface area contributed by atoms with Gasteiger partial charge in [0.1, 0.15) is 12.7 Å². The highest BCUT2D eigenvalue weighted by Crippen LogP contribution is 2.21. The van der Waals surface area contributed by atoms with E-state index in [2.05, 4.69) is 0 Å². The van der Waals surface area contributed by atoms with E-state index in [1.807, 2.05) is 6.26 Å². The Morgan fingerprint density at radius 2 is 2.00 bits per heavy atom.